The largest absolute Gasteiger partial charge is 0.489 e. The molecule has 1 aromatic rings. The Morgan fingerprint density at radius 2 is 2.08 bits per heavy atom. The van der Waals surface area contributed by atoms with Gasteiger partial charge in [-0.15, -0.1) is 0 Å². The molecular formula is C10H9NO. The summed E-state index contributed by atoms with van der Waals surface area (Å²) in [6.07, 6.45) is 2.61. The Morgan fingerprint density at radius 3 is 2.75 bits per heavy atom. The van der Waals surface area contributed by atoms with Crippen LogP contribution in [-0.4, -0.2) is 6.10 Å². The molecule has 60 valence electrons. The lowest BCUT2D eigenvalue weighted by Crippen LogP contribution is -1.97. The molecule has 0 amide bonds. The van der Waals surface area contributed by atoms with Gasteiger partial charge in [0.25, 0.3) is 0 Å². The molecule has 1 aliphatic rings. The van der Waals surface area contributed by atoms with Crippen LogP contribution in [0.4, 0.5) is 0 Å². The van der Waals surface area contributed by atoms with E-state index in [4.69, 9.17) is 10.00 Å². The fourth-order valence-electron chi connectivity index (χ4n) is 1.03. The summed E-state index contributed by atoms with van der Waals surface area (Å²) in [5, 5.41) is 8.72. The first kappa shape index (κ1) is 7.17. The second kappa shape index (κ2) is 2.86. The van der Waals surface area contributed by atoms with E-state index < -0.39 is 0 Å². The molecule has 1 saturated carbocycles. The molecule has 2 rings (SSSR count). The normalized spacial score (nSPS) is 15.2. The van der Waals surface area contributed by atoms with Gasteiger partial charge in [-0.25, -0.2) is 0 Å². The number of ether oxygens (including phenoxy) is 1. The minimum Gasteiger partial charge on any atom is -0.489 e. The highest BCUT2D eigenvalue weighted by atomic mass is 16.5. The van der Waals surface area contributed by atoms with E-state index in [-0.39, 0.29) is 0 Å². The van der Waals surface area contributed by atoms with Crippen LogP contribution >= 0.6 is 0 Å². The number of nitriles is 1. The van der Waals surface area contributed by atoms with E-state index >= 15 is 0 Å². The molecule has 0 unspecified atom stereocenters. The molecule has 0 aliphatic heterocycles. The molecule has 0 spiro atoms. The Labute approximate surface area is 71.4 Å². The van der Waals surface area contributed by atoms with Crippen molar-refractivity contribution in [2.45, 2.75) is 18.9 Å². The fourth-order valence-corrected chi connectivity index (χ4v) is 1.03. The summed E-state index contributed by atoms with van der Waals surface area (Å²) in [7, 11) is 0. The van der Waals surface area contributed by atoms with E-state index in [9.17, 15) is 0 Å². The number of rotatable bonds is 2. The van der Waals surface area contributed by atoms with Gasteiger partial charge >= 0.3 is 0 Å². The number of hydrogen-bond acceptors (Lipinski definition) is 2. The summed E-state index contributed by atoms with van der Waals surface area (Å²) in [4.78, 5) is 0. The third-order valence-electron chi connectivity index (χ3n) is 1.83. The van der Waals surface area contributed by atoms with Gasteiger partial charge in [0, 0.05) is 0 Å². The van der Waals surface area contributed by atoms with Crippen molar-refractivity contribution < 1.29 is 4.74 Å². The molecule has 2 nitrogen and oxygen atoms in total. The molecule has 1 aliphatic carbocycles. The first-order chi connectivity index (χ1) is 5.90. The minimum absolute atomic E-state index is 0.361. The van der Waals surface area contributed by atoms with Crippen LogP contribution in [0.25, 0.3) is 0 Å². The van der Waals surface area contributed by atoms with E-state index in [0.717, 1.165) is 18.6 Å². The number of hydrogen-bond donors (Lipinski definition) is 0. The molecule has 0 atom stereocenters. The second-order valence-electron chi connectivity index (χ2n) is 2.93. The topological polar surface area (TPSA) is 33.0 Å². The molecule has 0 saturated heterocycles. The van der Waals surface area contributed by atoms with Gasteiger partial charge in [-0.2, -0.15) is 5.26 Å². The fraction of sp³-hybridized carbons (Fsp3) is 0.300. The van der Waals surface area contributed by atoms with Gasteiger partial charge in [-0.3, -0.25) is 0 Å². The van der Waals surface area contributed by atoms with Crippen molar-refractivity contribution in [3.8, 4) is 11.8 Å². The molecule has 12 heavy (non-hydrogen) atoms. The lowest BCUT2D eigenvalue weighted by molar-refractivity contribution is 0.302. The summed E-state index contributed by atoms with van der Waals surface area (Å²) in [6.45, 7) is 0. The lowest BCUT2D eigenvalue weighted by atomic mass is 10.2. The van der Waals surface area contributed by atoms with Crippen LogP contribution in [-0.2, 0) is 0 Å². The zero-order chi connectivity index (χ0) is 8.39. The van der Waals surface area contributed by atoms with Gasteiger partial charge in [0.15, 0.2) is 0 Å². The summed E-state index contributed by atoms with van der Waals surface area (Å²) < 4.78 is 5.52. The van der Waals surface area contributed by atoms with Gasteiger partial charge in [0.2, 0.25) is 0 Å². The maximum Gasteiger partial charge on any atom is 0.137 e. The van der Waals surface area contributed by atoms with Crippen LogP contribution < -0.4 is 4.74 Å². The average molecular weight is 159 g/mol. The molecule has 0 radical (unpaired) electrons. The highest BCUT2D eigenvalue weighted by molar-refractivity contribution is 5.42. The van der Waals surface area contributed by atoms with Crippen LogP contribution in [0.5, 0.6) is 5.75 Å². The summed E-state index contributed by atoms with van der Waals surface area (Å²) in [5.74, 6) is 0.725. The van der Waals surface area contributed by atoms with E-state index in [1.54, 1.807) is 6.07 Å². The molecule has 0 bridgehead atoms. The highest BCUT2D eigenvalue weighted by Crippen LogP contribution is 2.28. The molecule has 0 aromatic heterocycles. The molecule has 0 N–H and O–H groups in total. The molecule has 1 aromatic carbocycles. The van der Waals surface area contributed by atoms with Crippen molar-refractivity contribution in [1.82, 2.24) is 0 Å². The number of nitrogens with zero attached hydrogens (tertiary/aromatic N) is 1. The summed E-state index contributed by atoms with van der Waals surface area (Å²) in [5.41, 5.74) is 0.629. The Morgan fingerprint density at radius 1 is 1.33 bits per heavy atom. The number of benzene rings is 1. The summed E-state index contributed by atoms with van der Waals surface area (Å²) in [6, 6.07) is 9.46. The van der Waals surface area contributed by atoms with Crippen LogP contribution in [0.3, 0.4) is 0 Å². The predicted molar refractivity (Wildman–Crippen MR) is 44.8 cm³/mol. The smallest absolute Gasteiger partial charge is 0.137 e. The minimum atomic E-state index is 0.361. The molecule has 1 fully saturated rings. The van der Waals surface area contributed by atoms with Gasteiger partial charge in [0.1, 0.15) is 11.8 Å². The number of para-hydroxylation sites is 1. The van der Waals surface area contributed by atoms with E-state index in [1.807, 2.05) is 18.2 Å². The SMILES string of the molecule is N#Cc1ccccc1OC1CC1. The van der Waals surface area contributed by atoms with Crippen molar-refractivity contribution in [3.05, 3.63) is 29.8 Å². The third kappa shape index (κ3) is 1.40. The third-order valence-corrected chi connectivity index (χ3v) is 1.83. The predicted octanol–water partition coefficient (Wildman–Crippen LogP) is 2.10. The summed E-state index contributed by atoms with van der Waals surface area (Å²) >= 11 is 0. The first-order valence-electron chi connectivity index (χ1n) is 4.06. The van der Waals surface area contributed by atoms with E-state index in [1.165, 1.54) is 0 Å². The average Bonchev–Trinajstić information content (AvgIpc) is 2.89. The van der Waals surface area contributed by atoms with Crippen LogP contribution in [0.15, 0.2) is 24.3 Å². The Kier molecular flexibility index (Phi) is 1.71. The lowest BCUT2D eigenvalue weighted by Gasteiger charge is -2.04. The standard InChI is InChI=1S/C10H9NO/c11-7-8-3-1-2-4-10(8)12-9-5-6-9/h1-4,9H,5-6H2. The Hall–Kier alpha value is -1.49. The maximum atomic E-state index is 8.72. The highest BCUT2D eigenvalue weighted by Gasteiger charge is 2.24. The van der Waals surface area contributed by atoms with Crippen molar-refractivity contribution in [2.24, 2.45) is 0 Å². The van der Waals surface area contributed by atoms with Crippen LogP contribution in [0.1, 0.15) is 18.4 Å². The Balaban J connectivity index is 2.22. The Bertz CT molecular complexity index is 323. The van der Waals surface area contributed by atoms with Crippen molar-refractivity contribution in [2.75, 3.05) is 0 Å². The van der Waals surface area contributed by atoms with Crippen molar-refractivity contribution in [3.63, 3.8) is 0 Å². The molecule has 0 heterocycles. The van der Waals surface area contributed by atoms with E-state index in [2.05, 4.69) is 6.07 Å². The van der Waals surface area contributed by atoms with Crippen LogP contribution in [0, 0.1) is 11.3 Å². The van der Waals surface area contributed by atoms with Gasteiger partial charge in [0.05, 0.1) is 11.7 Å². The maximum absolute atomic E-state index is 8.72. The first-order valence-corrected chi connectivity index (χ1v) is 4.06. The van der Waals surface area contributed by atoms with Gasteiger partial charge in [-0.1, -0.05) is 12.1 Å². The van der Waals surface area contributed by atoms with Crippen molar-refractivity contribution >= 4 is 0 Å². The quantitative estimate of drug-likeness (QED) is 0.662. The molecular weight excluding hydrogens is 150 g/mol. The van der Waals surface area contributed by atoms with Crippen molar-refractivity contribution in [1.29, 1.82) is 5.26 Å². The van der Waals surface area contributed by atoms with Crippen LogP contribution in [0.2, 0.25) is 0 Å². The second-order valence-corrected chi connectivity index (χ2v) is 2.93. The molecule has 2 heteroatoms. The zero-order valence-corrected chi connectivity index (χ0v) is 6.66. The van der Waals surface area contributed by atoms with Gasteiger partial charge < -0.3 is 4.74 Å². The van der Waals surface area contributed by atoms with Gasteiger partial charge in [-0.05, 0) is 25.0 Å². The van der Waals surface area contributed by atoms with E-state index in [0.29, 0.717) is 11.7 Å². The monoisotopic (exact) mass is 159 g/mol. The zero-order valence-electron chi connectivity index (χ0n) is 6.66.